The molecule has 0 spiro atoms. The third-order valence-corrected chi connectivity index (χ3v) is 6.96. The van der Waals surface area contributed by atoms with Gasteiger partial charge in [0, 0.05) is 23.7 Å². The second-order valence-corrected chi connectivity index (χ2v) is 10.2. The Morgan fingerprint density at radius 3 is 2.67 bits per heavy atom. The molecule has 0 saturated carbocycles. The summed E-state index contributed by atoms with van der Waals surface area (Å²) in [7, 11) is -3.86. The number of hydrogen-bond acceptors (Lipinski definition) is 5. The summed E-state index contributed by atoms with van der Waals surface area (Å²) in [4.78, 5) is 4.55. The van der Waals surface area contributed by atoms with Gasteiger partial charge in [0.2, 0.25) is 10.0 Å². The number of hydrogen-bond donors (Lipinski definition) is 0. The molecule has 7 heteroatoms. The minimum Gasteiger partial charge on any atom is -0.491 e. The van der Waals surface area contributed by atoms with Gasteiger partial charge >= 0.3 is 0 Å². The lowest BCUT2D eigenvalue weighted by Crippen LogP contribution is -2.45. The molecule has 0 bridgehead atoms. The summed E-state index contributed by atoms with van der Waals surface area (Å²) in [6.45, 7) is 6.51. The van der Waals surface area contributed by atoms with Crippen LogP contribution < -0.4 is 4.74 Å². The van der Waals surface area contributed by atoms with Gasteiger partial charge in [-0.25, -0.2) is 8.42 Å². The van der Waals surface area contributed by atoms with Gasteiger partial charge in [0.25, 0.3) is 0 Å². The van der Waals surface area contributed by atoms with Crippen LogP contribution in [-0.4, -0.2) is 42.6 Å². The highest BCUT2D eigenvalue weighted by atomic mass is 32.2. The van der Waals surface area contributed by atoms with E-state index in [0.717, 1.165) is 10.9 Å². The second kappa shape index (κ2) is 7.98. The highest BCUT2D eigenvalue weighted by molar-refractivity contribution is 7.89. The lowest BCUT2D eigenvalue weighted by Gasteiger charge is -2.31. The normalized spacial score (nSPS) is 17.9. The topological polar surface area (TPSA) is 68.7 Å². The molecule has 1 aliphatic rings. The zero-order chi connectivity index (χ0) is 21.4. The highest BCUT2D eigenvalue weighted by Crippen LogP contribution is 2.32. The van der Waals surface area contributed by atoms with E-state index in [1.54, 1.807) is 24.4 Å². The first-order valence-electron chi connectivity index (χ1n) is 9.96. The van der Waals surface area contributed by atoms with Gasteiger partial charge in [-0.3, -0.25) is 4.98 Å². The van der Waals surface area contributed by atoms with Crippen molar-refractivity contribution in [3.63, 3.8) is 0 Å². The Morgan fingerprint density at radius 2 is 1.87 bits per heavy atom. The van der Waals surface area contributed by atoms with Gasteiger partial charge in [0.15, 0.2) is 0 Å². The van der Waals surface area contributed by atoms with Crippen LogP contribution in [0.2, 0.25) is 0 Å². The molecule has 2 aromatic carbocycles. The van der Waals surface area contributed by atoms with E-state index in [0.29, 0.717) is 11.3 Å². The molecule has 1 aromatic heterocycles. The fraction of sp³-hybridized carbons (Fsp3) is 0.348. The summed E-state index contributed by atoms with van der Waals surface area (Å²) < 4.78 is 41.2. The van der Waals surface area contributed by atoms with E-state index in [1.807, 2.05) is 57.2 Å². The molecule has 4 rings (SSSR count). The number of sulfonamides is 1. The first-order valence-corrected chi connectivity index (χ1v) is 11.4. The van der Waals surface area contributed by atoms with Crippen molar-refractivity contribution < 1.29 is 17.9 Å². The average molecular weight is 427 g/mol. The molecule has 0 radical (unpaired) electrons. The molecule has 0 fully saturated rings. The predicted molar refractivity (Wildman–Crippen MR) is 116 cm³/mol. The fourth-order valence-electron chi connectivity index (χ4n) is 3.51. The largest absolute Gasteiger partial charge is 0.491 e. The molecule has 1 aliphatic heterocycles. The lowest BCUT2D eigenvalue weighted by molar-refractivity contribution is -0.0303. The van der Waals surface area contributed by atoms with Crippen LogP contribution in [0, 0.1) is 0 Å². The van der Waals surface area contributed by atoms with Crippen molar-refractivity contribution in [2.75, 3.05) is 13.2 Å². The quantitative estimate of drug-likeness (QED) is 0.631. The van der Waals surface area contributed by atoms with Crippen LogP contribution in [0.15, 0.2) is 65.7 Å². The Kier molecular flexibility index (Phi) is 5.53. The first-order chi connectivity index (χ1) is 14.3. The monoisotopic (exact) mass is 426 g/mol. The number of ether oxygens (including phenoxy) is 2. The fourth-order valence-corrected chi connectivity index (χ4v) is 5.25. The van der Waals surface area contributed by atoms with Crippen molar-refractivity contribution in [2.45, 2.75) is 43.9 Å². The lowest BCUT2D eigenvalue weighted by atomic mass is 10.2. The minimum atomic E-state index is -3.86. The molecule has 0 saturated heterocycles. The zero-order valence-electron chi connectivity index (χ0n) is 17.4. The van der Waals surface area contributed by atoms with E-state index >= 15 is 0 Å². The Balaban J connectivity index is 1.79. The van der Waals surface area contributed by atoms with Gasteiger partial charge in [-0.15, -0.1) is 0 Å². The van der Waals surface area contributed by atoms with E-state index in [1.165, 1.54) is 4.31 Å². The molecule has 6 nitrogen and oxygen atoms in total. The van der Waals surface area contributed by atoms with Gasteiger partial charge in [-0.05, 0) is 39.0 Å². The van der Waals surface area contributed by atoms with Crippen LogP contribution in [-0.2, 0) is 21.3 Å². The van der Waals surface area contributed by atoms with Crippen molar-refractivity contribution in [3.05, 3.63) is 66.4 Å². The Hall–Kier alpha value is -2.48. The van der Waals surface area contributed by atoms with E-state index in [9.17, 15) is 8.42 Å². The third-order valence-electron chi connectivity index (χ3n) is 5.03. The number of para-hydroxylation sites is 2. The summed E-state index contributed by atoms with van der Waals surface area (Å²) in [5.74, 6) is 0.701. The SMILES string of the molecule is CC(C)(C)OCC1COc2ccccc2CN1S(=O)(=O)c1cccc2cccnc12. The summed E-state index contributed by atoms with van der Waals surface area (Å²) >= 11 is 0. The Labute approximate surface area is 177 Å². The third kappa shape index (κ3) is 4.19. The van der Waals surface area contributed by atoms with Gasteiger partial charge in [-0.2, -0.15) is 4.31 Å². The molecular formula is C23H26N2O4S. The van der Waals surface area contributed by atoms with Gasteiger partial charge in [0.05, 0.1) is 23.8 Å². The first kappa shape index (κ1) is 20.8. The average Bonchev–Trinajstić information content (AvgIpc) is 2.91. The van der Waals surface area contributed by atoms with Gasteiger partial charge < -0.3 is 9.47 Å². The van der Waals surface area contributed by atoms with Crippen LogP contribution in [0.3, 0.4) is 0 Å². The standard InChI is InChI=1S/C23H26N2O4S/c1-23(2,3)29-16-19-15-28-20-11-5-4-8-18(20)14-25(19)30(26,27)21-12-6-9-17-10-7-13-24-22(17)21/h4-13,19H,14-16H2,1-3H3. The molecule has 0 N–H and O–H groups in total. The molecule has 30 heavy (non-hydrogen) atoms. The number of pyridine rings is 1. The van der Waals surface area contributed by atoms with Crippen molar-refractivity contribution >= 4 is 20.9 Å². The maximum atomic E-state index is 13.9. The summed E-state index contributed by atoms with van der Waals surface area (Å²) in [5, 5.41) is 0.785. The number of rotatable bonds is 4. The Bertz CT molecular complexity index is 1150. The zero-order valence-corrected chi connectivity index (χ0v) is 18.2. The molecule has 0 aliphatic carbocycles. The van der Waals surface area contributed by atoms with Crippen LogP contribution in [0.4, 0.5) is 0 Å². The number of fused-ring (bicyclic) bond motifs is 2. The van der Waals surface area contributed by atoms with Crippen LogP contribution in [0.1, 0.15) is 26.3 Å². The minimum absolute atomic E-state index is 0.195. The molecule has 3 aromatic rings. The van der Waals surface area contributed by atoms with Gasteiger partial charge in [0.1, 0.15) is 17.3 Å². The van der Waals surface area contributed by atoms with E-state index in [2.05, 4.69) is 4.98 Å². The van der Waals surface area contributed by atoms with Crippen molar-refractivity contribution in [1.29, 1.82) is 0 Å². The molecule has 158 valence electrons. The maximum absolute atomic E-state index is 13.9. The summed E-state index contributed by atoms with van der Waals surface area (Å²) in [6, 6.07) is 16.0. The number of nitrogens with zero attached hydrogens (tertiary/aromatic N) is 2. The van der Waals surface area contributed by atoms with E-state index in [4.69, 9.17) is 9.47 Å². The van der Waals surface area contributed by atoms with E-state index < -0.39 is 21.7 Å². The predicted octanol–water partition coefficient (Wildman–Crippen LogP) is 4.00. The van der Waals surface area contributed by atoms with Crippen molar-refractivity contribution in [3.8, 4) is 5.75 Å². The Morgan fingerprint density at radius 1 is 1.10 bits per heavy atom. The van der Waals surface area contributed by atoms with Crippen LogP contribution in [0.25, 0.3) is 10.9 Å². The van der Waals surface area contributed by atoms with Crippen molar-refractivity contribution in [1.82, 2.24) is 9.29 Å². The molecule has 1 unspecified atom stereocenters. The highest BCUT2D eigenvalue weighted by Gasteiger charge is 2.36. The molecule has 2 heterocycles. The molecule has 1 atom stereocenters. The van der Waals surface area contributed by atoms with Crippen molar-refractivity contribution in [2.24, 2.45) is 0 Å². The maximum Gasteiger partial charge on any atom is 0.246 e. The van der Waals surface area contributed by atoms with Gasteiger partial charge in [-0.1, -0.05) is 36.4 Å². The smallest absolute Gasteiger partial charge is 0.246 e. The van der Waals surface area contributed by atoms with Crippen LogP contribution in [0.5, 0.6) is 5.75 Å². The summed E-state index contributed by atoms with van der Waals surface area (Å²) in [6.07, 6.45) is 1.61. The summed E-state index contributed by atoms with van der Waals surface area (Å²) in [5.41, 5.74) is 0.900. The second-order valence-electron chi connectivity index (χ2n) is 8.38. The molecule has 0 amide bonds. The van der Waals surface area contributed by atoms with E-state index in [-0.39, 0.29) is 24.7 Å². The molecular weight excluding hydrogens is 400 g/mol. The number of benzene rings is 2. The van der Waals surface area contributed by atoms with Crippen LogP contribution >= 0.6 is 0 Å². The number of aromatic nitrogens is 1.